The average molecular weight is 498 g/mol. The summed E-state index contributed by atoms with van der Waals surface area (Å²) in [6, 6.07) is 17.9. The molecule has 0 radical (unpaired) electrons. The molecule has 2 heterocycles. The Labute approximate surface area is 218 Å². The van der Waals surface area contributed by atoms with E-state index < -0.39 is 0 Å². The lowest BCUT2D eigenvalue weighted by Gasteiger charge is -2.36. The van der Waals surface area contributed by atoms with E-state index in [1.807, 2.05) is 47.4 Å². The third-order valence-electron chi connectivity index (χ3n) is 9.04. The minimum absolute atomic E-state index is 0.0718. The maximum Gasteiger partial charge on any atom is 0.230 e. The molecule has 2 saturated heterocycles. The van der Waals surface area contributed by atoms with Gasteiger partial charge in [0, 0.05) is 63.7 Å². The van der Waals surface area contributed by atoms with Crippen LogP contribution in [0.3, 0.4) is 0 Å². The number of piperazine rings is 1. The smallest absolute Gasteiger partial charge is 0.230 e. The van der Waals surface area contributed by atoms with E-state index in [2.05, 4.69) is 34.1 Å². The lowest BCUT2D eigenvalue weighted by atomic mass is 9.89. The van der Waals surface area contributed by atoms with Crippen LogP contribution in [0.2, 0.25) is 0 Å². The van der Waals surface area contributed by atoms with Gasteiger partial charge in [0.15, 0.2) is 5.78 Å². The van der Waals surface area contributed by atoms with Crippen LogP contribution in [0.5, 0.6) is 0 Å². The molecule has 0 unspecified atom stereocenters. The molecule has 3 fully saturated rings. The van der Waals surface area contributed by atoms with Gasteiger partial charge in [-0.1, -0.05) is 66.7 Å². The van der Waals surface area contributed by atoms with Crippen LogP contribution >= 0.6 is 0 Å². The summed E-state index contributed by atoms with van der Waals surface area (Å²) >= 11 is 0. The highest BCUT2D eigenvalue weighted by molar-refractivity contribution is 6.06. The van der Waals surface area contributed by atoms with E-state index in [9.17, 15) is 14.4 Å². The fourth-order valence-electron chi connectivity index (χ4n) is 6.60. The normalized spacial score (nSPS) is 25.0. The van der Waals surface area contributed by atoms with Crippen molar-refractivity contribution in [3.05, 3.63) is 77.4 Å². The molecule has 4 aliphatic rings. The number of ketones is 1. The molecular formula is C31H35N3O3. The predicted octanol–water partition coefficient (Wildman–Crippen LogP) is 3.84. The third kappa shape index (κ3) is 4.75. The molecule has 37 heavy (non-hydrogen) atoms. The molecular weight excluding hydrogens is 462 g/mol. The summed E-state index contributed by atoms with van der Waals surface area (Å²) in [4.78, 5) is 45.4. The fourth-order valence-corrected chi connectivity index (χ4v) is 6.60. The highest BCUT2D eigenvalue weighted by Crippen LogP contribution is 2.60. The zero-order chi connectivity index (χ0) is 25.4. The zero-order valence-electron chi connectivity index (χ0n) is 21.4. The van der Waals surface area contributed by atoms with Crippen LogP contribution in [-0.4, -0.2) is 78.1 Å². The van der Waals surface area contributed by atoms with E-state index in [1.165, 1.54) is 5.56 Å². The Morgan fingerprint density at radius 2 is 1.51 bits per heavy atom. The molecule has 1 spiro atoms. The summed E-state index contributed by atoms with van der Waals surface area (Å²) in [5, 5.41) is 0. The number of nitrogens with zero attached hydrogens (tertiary/aromatic N) is 3. The summed E-state index contributed by atoms with van der Waals surface area (Å²) in [6.45, 7) is 5.71. The summed E-state index contributed by atoms with van der Waals surface area (Å²) in [5.74, 6) is 0.238. The molecule has 6 nitrogen and oxygen atoms in total. The van der Waals surface area contributed by atoms with Crippen molar-refractivity contribution in [2.45, 2.75) is 31.6 Å². The second kappa shape index (κ2) is 9.90. The SMILES string of the molecule is O=C1C[C@H](C(=O)N2CCC3(CC2)C[C@H]3C(=O)N2CCN(C/C=C/c3ccccc3)CC2)c2ccccc21. The number of carbonyl (C=O) groups is 3. The zero-order valence-corrected chi connectivity index (χ0v) is 21.4. The Bertz CT molecular complexity index is 1210. The standard InChI is InChI=1S/C31H35N3O3/c35-28-21-26(24-10-4-5-11-25(24)28)29(36)33-15-12-31(13-16-33)22-27(31)30(37)34-19-17-32(18-20-34)14-6-9-23-7-2-1-3-8-23/h1-11,26-27H,12-22H2/b9-6+/t26-,27-/m0/s1. The molecule has 0 N–H and O–H groups in total. The monoisotopic (exact) mass is 497 g/mol. The molecule has 192 valence electrons. The maximum atomic E-state index is 13.3. The molecule has 2 aromatic carbocycles. The first-order chi connectivity index (χ1) is 18.0. The van der Waals surface area contributed by atoms with E-state index in [4.69, 9.17) is 0 Å². The Morgan fingerprint density at radius 3 is 2.27 bits per heavy atom. The number of fused-ring (bicyclic) bond motifs is 1. The number of amides is 2. The molecule has 2 aromatic rings. The molecule has 2 aliphatic carbocycles. The number of hydrogen-bond acceptors (Lipinski definition) is 4. The largest absolute Gasteiger partial charge is 0.342 e. The number of carbonyl (C=O) groups excluding carboxylic acids is 3. The Morgan fingerprint density at radius 1 is 0.838 bits per heavy atom. The van der Waals surface area contributed by atoms with Gasteiger partial charge in [-0.3, -0.25) is 19.3 Å². The van der Waals surface area contributed by atoms with Gasteiger partial charge >= 0.3 is 0 Å². The van der Waals surface area contributed by atoms with Gasteiger partial charge in [-0.25, -0.2) is 0 Å². The second-order valence-electron chi connectivity index (χ2n) is 11.2. The van der Waals surface area contributed by atoms with Crippen molar-refractivity contribution >= 4 is 23.7 Å². The first kappa shape index (κ1) is 24.1. The van der Waals surface area contributed by atoms with Crippen LogP contribution in [0.25, 0.3) is 6.08 Å². The Kier molecular flexibility index (Phi) is 6.45. The summed E-state index contributed by atoms with van der Waals surface area (Å²) in [5.41, 5.74) is 2.87. The molecule has 0 aromatic heterocycles. The van der Waals surface area contributed by atoms with E-state index in [0.717, 1.165) is 57.5 Å². The van der Waals surface area contributed by atoms with Crippen molar-refractivity contribution in [3.63, 3.8) is 0 Å². The number of benzene rings is 2. The van der Waals surface area contributed by atoms with Crippen LogP contribution in [-0.2, 0) is 9.59 Å². The van der Waals surface area contributed by atoms with Gasteiger partial charge in [0.25, 0.3) is 0 Å². The maximum absolute atomic E-state index is 13.3. The quantitative estimate of drug-likeness (QED) is 0.630. The topological polar surface area (TPSA) is 60.9 Å². The van der Waals surface area contributed by atoms with Gasteiger partial charge in [0.1, 0.15) is 0 Å². The number of likely N-dealkylation sites (tertiary alicyclic amines) is 1. The summed E-state index contributed by atoms with van der Waals surface area (Å²) < 4.78 is 0. The van der Waals surface area contributed by atoms with Crippen LogP contribution < -0.4 is 0 Å². The highest BCUT2D eigenvalue weighted by Gasteiger charge is 2.59. The van der Waals surface area contributed by atoms with Gasteiger partial charge in [-0.15, -0.1) is 0 Å². The van der Waals surface area contributed by atoms with Gasteiger partial charge in [0.05, 0.1) is 5.92 Å². The molecule has 1 saturated carbocycles. The number of rotatable bonds is 5. The Balaban J connectivity index is 0.970. The first-order valence-electron chi connectivity index (χ1n) is 13.7. The molecule has 2 atom stereocenters. The van der Waals surface area contributed by atoms with E-state index in [1.54, 1.807) is 0 Å². The van der Waals surface area contributed by atoms with Crippen LogP contribution in [0.4, 0.5) is 0 Å². The molecule has 2 amide bonds. The Hall–Kier alpha value is -3.25. The van der Waals surface area contributed by atoms with Gasteiger partial charge < -0.3 is 9.80 Å². The van der Waals surface area contributed by atoms with Crippen LogP contribution in [0, 0.1) is 11.3 Å². The summed E-state index contributed by atoms with van der Waals surface area (Å²) in [6.07, 6.45) is 7.39. The minimum atomic E-state index is -0.340. The first-order valence-corrected chi connectivity index (χ1v) is 13.7. The van der Waals surface area contributed by atoms with Gasteiger partial charge in [0.2, 0.25) is 11.8 Å². The lowest BCUT2D eigenvalue weighted by Crippen LogP contribution is -2.50. The predicted molar refractivity (Wildman–Crippen MR) is 143 cm³/mol. The van der Waals surface area contributed by atoms with Crippen molar-refractivity contribution in [3.8, 4) is 0 Å². The van der Waals surface area contributed by atoms with E-state index in [-0.39, 0.29) is 35.4 Å². The molecule has 0 bridgehead atoms. The summed E-state index contributed by atoms with van der Waals surface area (Å²) in [7, 11) is 0. The molecule has 6 heteroatoms. The number of hydrogen-bond donors (Lipinski definition) is 0. The van der Waals surface area contributed by atoms with Crippen molar-refractivity contribution in [2.24, 2.45) is 11.3 Å². The van der Waals surface area contributed by atoms with Crippen molar-refractivity contribution in [1.29, 1.82) is 0 Å². The van der Waals surface area contributed by atoms with Gasteiger partial charge in [-0.05, 0) is 35.8 Å². The minimum Gasteiger partial charge on any atom is -0.342 e. The van der Waals surface area contributed by atoms with Crippen LogP contribution in [0.1, 0.15) is 53.1 Å². The van der Waals surface area contributed by atoms with Gasteiger partial charge in [-0.2, -0.15) is 0 Å². The molecule has 2 aliphatic heterocycles. The fraction of sp³-hybridized carbons (Fsp3) is 0.452. The molecule has 6 rings (SSSR count). The number of piperidine rings is 1. The van der Waals surface area contributed by atoms with Crippen molar-refractivity contribution in [2.75, 3.05) is 45.8 Å². The van der Waals surface area contributed by atoms with Crippen LogP contribution in [0.15, 0.2) is 60.7 Å². The highest BCUT2D eigenvalue weighted by atomic mass is 16.2. The second-order valence-corrected chi connectivity index (χ2v) is 11.2. The van der Waals surface area contributed by atoms with E-state index in [0.29, 0.717) is 24.6 Å². The van der Waals surface area contributed by atoms with Crippen molar-refractivity contribution < 1.29 is 14.4 Å². The third-order valence-corrected chi connectivity index (χ3v) is 9.04. The van der Waals surface area contributed by atoms with E-state index >= 15 is 0 Å². The lowest BCUT2D eigenvalue weighted by molar-refractivity contribution is -0.136. The van der Waals surface area contributed by atoms with Crippen molar-refractivity contribution in [1.82, 2.24) is 14.7 Å². The average Bonchev–Trinajstić information content (AvgIpc) is 3.53. The number of Topliss-reactive ketones (excluding diaryl/α,β-unsaturated/α-hetero) is 1.